The molecular formula is C14H25FN2O. The lowest BCUT2D eigenvalue weighted by Crippen LogP contribution is -2.60. The average Bonchev–Trinajstić information content (AvgIpc) is 2.29. The third-order valence-corrected chi connectivity index (χ3v) is 4.21. The fraction of sp³-hybridized carbons (Fsp3) is 0.929. The molecule has 2 rings (SSSR count). The zero-order chi connectivity index (χ0) is 13.3. The Labute approximate surface area is 109 Å². The van der Waals surface area contributed by atoms with E-state index in [-0.39, 0.29) is 17.5 Å². The van der Waals surface area contributed by atoms with E-state index in [0.717, 1.165) is 25.9 Å². The highest BCUT2D eigenvalue weighted by molar-refractivity contribution is 5.77. The van der Waals surface area contributed by atoms with Gasteiger partial charge in [-0.1, -0.05) is 0 Å². The van der Waals surface area contributed by atoms with Gasteiger partial charge >= 0.3 is 0 Å². The van der Waals surface area contributed by atoms with Gasteiger partial charge < -0.3 is 4.90 Å². The fourth-order valence-corrected chi connectivity index (χ4v) is 2.98. The Morgan fingerprint density at radius 3 is 2.56 bits per heavy atom. The van der Waals surface area contributed by atoms with E-state index in [2.05, 4.69) is 25.7 Å². The molecule has 0 saturated carbocycles. The van der Waals surface area contributed by atoms with Crippen LogP contribution >= 0.6 is 0 Å². The van der Waals surface area contributed by atoms with Crippen LogP contribution in [-0.2, 0) is 4.79 Å². The van der Waals surface area contributed by atoms with Gasteiger partial charge in [-0.15, -0.1) is 0 Å². The van der Waals surface area contributed by atoms with Crippen molar-refractivity contribution in [2.45, 2.75) is 64.2 Å². The van der Waals surface area contributed by atoms with Crippen molar-refractivity contribution in [2.24, 2.45) is 0 Å². The molecule has 3 nitrogen and oxygen atoms in total. The molecule has 0 N–H and O–H groups in total. The van der Waals surface area contributed by atoms with Gasteiger partial charge in [0.25, 0.3) is 0 Å². The summed E-state index contributed by atoms with van der Waals surface area (Å²) in [5.41, 5.74) is 0.0528. The Hall–Kier alpha value is -0.640. The Bertz CT molecular complexity index is 313. The minimum absolute atomic E-state index is 0.0528. The van der Waals surface area contributed by atoms with Crippen molar-refractivity contribution in [1.29, 1.82) is 0 Å². The summed E-state index contributed by atoms with van der Waals surface area (Å²) in [7, 11) is 0. The van der Waals surface area contributed by atoms with Crippen LogP contribution in [0.2, 0.25) is 0 Å². The molecule has 0 bridgehead atoms. The highest BCUT2D eigenvalue weighted by Crippen LogP contribution is 2.27. The number of amides is 1. The van der Waals surface area contributed by atoms with E-state index in [9.17, 15) is 9.18 Å². The second-order valence-corrected chi connectivity index (χ2v) is 6.53. The van der Waals surface area contributed by atoms with Gasteiger partial charge in [-0.05, 0) is 40.0 Å². The van der Waals surface area contributed by atoms with Gasteiger partial charge in [0.05, 0.1) is 6.04 Å². The van der Waals surface area contributed by atoms with Crippen molar-refractivity contribution < 1.29 is 9.18 Å². The molecule has 4 heteroatoms. The van der Waals surface area contributed by atoms with Gasteiger partial charge in [0.2, 0.25) is 5.91 Å². The van der Waals surface area contributed by atoms with Crippen molar-refractivity contribution in [3.05, 3.63) is 0 Å². The SMILES string of the molecule is CC(C)(C)N1CCC(F)C(N2CCCCC2=O)C1. The fourth-order valence-electron chi connectivity index (χ4n) is 2.98. The van der Waals surface area contributed by atoms with E-state index in [1.54, 1.807) is 4.90 Å². The van der Waals surface area contributed by atoms with Crippen LogP contribution in [0.1, 0.15) is 46.5 Å². The van der Waals surface area contributed by atoms with E-state index in [1.165, 1.54) is 0 Å². The number of carbonyl (C=O) groups excluding carboxylic acids is 1. The van der Waals surface area contributed by atoms with Crippen LogP contribution in [0.25, 0.3) is 0 Å². The smallest absolute Gasteiger partial charge is 0.222 e. The molecule has 2 saturated heterocycles. The number of hydrogen-bond donors (Lipinski definition) is 0. The molecule has 104 valence electrons. The standard InChI is InChI=1S/C14H25FN2O/c1-14(2,3)16-9-7-11(15)12(10-16)17-8-5-4-6-13(17)18/h11-12H,4-10H2,1-3H3. The van der Waals surface area contributed by atoms with Gasteiger partial charge in [-0.25, -0.2) is 4.39 Å². The van der Waals surface area contributed by atoms with Crippen molar-refractivity contribution in [2.75, 3.05) is 19.6 Å². The summed E-state index contributed by atoms with van der Waals surface area (Å²) in [5.74, 6) is 0.143. The van der Waals surface area contributed by atoms with Gasteiger partial charge in [-0.2, -0.15) is 0 Å². The number of nitrogens with zero attached hydrogens (tertiary/aromatic N) is 2. The van der Waals surface area contributed by atoms with E-state index >= 15 is 0 Å². The first-order chi connectivity index (χ1) is 8.39. The molecular weight excluding hydrogens is 231 g/mol. The van der Waals surface area contributed by atoms with Crippen LogP contribution in [0.3, 0.4) is 0 Å². The number of piperidine rings is 2. The molecule has 2 fully saturated rings. The van der Waals surface area contributed by atoms with Gasteiger partial charge in [0, 0.05) is 31.6 Å². The summed E-state index contributed by atoms with van der Waals surface area (Å²) < 4.78 is 14.1. The molecule has 2 heterocycles. The lowest BCUT2D eigenvalue weighted by molar-refractivity contribution is -0.140. The zero-order valence-corrected chi connectivity index (χ0v) is 11.8. The third-order valence-electron chi connectivity index (χ3n) is 4.21. The molecule has 1 amide bonds. The highest BCUT2D eigenvalue weighted by Gasteiger charge is 2.39. The van der Waals surface area contributed by atoms with E-state index in [4.69, 9.17) is 0 Å². The van der Waals surface area contributed by atoms with Gasteiger partial charge in [-0.3, -0.25) is 9.69 Å². The molecule has 0 aromatic rings. The first-order valence-corrected chi connectivity index (χ1v) is 7.08. The number of alkyl halides is 1. The maximum absolute atomic E-state index is 14.1. The Balaban J connectivity index is 2.07. The molecule has 2 aliphatic heterocycles. The molecule has 0 spiro atoms. The normalized spacial score (nSPS) is 31.8. The molecule has 2 unspecified atom stereocenters. The predicted molar refractivity (Wildman–Crippen MR) is 70.2 cm³/mol. The summed E-state index contributed by atoms with van der Waals surface area (Å²) in [6.45, 7) is 8.67. The second kappa shape index (κ2) is 5.16. The predicted octanol–water partition coefficient (Wildman–Crippen LogP) is 2.21. The Morgan fingerprint density at radius 2 is 1.94 bits per heavy atom. The minimum Gasteiger partial charge on any atom is -0.335 e. The van der Waals surface area contributed by atoms with Crippen LogP contribution in [0, 0.1) is 0 Å². The summed E-state index contributed by atoms with van der Waals surface area (Å²) in [6.07, 6.45) is 2.27. The number of halogens is 1. The van der Waals surface area contributed by atoms with Crippen LogP contribution < -0.4 is 0 Å². The number of carbonyl (C=O) groups is 1. The maximum Gasteiger partial charge on any atom is 0.222 e. The number of hydrogen-bond acceptors (Lipinski definition) is 2. The van der Waals surface area contributed by atoms with E-state index < -0.39 is 6.17 Å². The molecule has 2 aliphatic rings. The van der Waals surface area contributed by atoms with Crippen molar-refractivity contribution >= 4 is 5.91 Å². The van der Waals surface area contributed by atoms with Crippen LogP contribution in [0.15, 0.2) is 0 Å². The number of rotatable bonds is 1. The maximum atomic E-state index is 14.1. The van der Waals surface area contributed by atoms with Crippen LogP contribution in [-0.4, -0.2) is 53.1 Å². The van der Waals surface area contributed by atoms with E-state index in [0.29, 0.717) is 19.4 Å². The van der Waals surface area contributed by atoms with Gasteiger partial charge in [0.1, 0.15) is 6.17 Å². The summed E-state index contributed by atoms with van der Waals surface area (Å²) >= 11 is 0. The van der Waals surface area contributed by atoms with Crippen molar-refractivity contribution in [3.8, 4) is 0 Å². The van der Waals surface area contributed by atoms with Crippen molar-refractivity contribution in [3.63, 3.8) is 0 Å². The topological polar surface area (TPSA) is 23.6 Å². The molecule has 18 heavy (non-hydrogen) atoms. The summed E-state index contributed by atoms with van der Waals surface area (Å²) in [6, 6.07) is -0.231. The zero-order valence-electron chi connectivity index (χ0n) is 11.8. The molecule has 0 aromatic heterocycles. The largest absolute Gasteiger partial charge is 0.335 e. The minimum atomic E-state index is -0.856. The monoisotopic (exact) mass is 256 g/mol. The third kappa shape index (κ3) is 2.85. The van der Waals surface area contributed by atoms with Crippen LogP contribution in [0.5, 0.6) is 0 Å². The van der Waals surface area contributed by atoms with Gasteiger partial charge in [0.15, 0.2) is 0 Å². The molecule has 0 radical (unpaired) electrons. The highest BCUT2D eigenvalue weighted by atomic mass is 19.1. The molecule has 2 atom stereocenters. The average molecular weight is 256 g/mol. The molecule has 0 aromatic carbocycles. The summed E-state index contributed by atoms with van der Waals surface area (Å²) in [4.78, 5) is 16.0. The number of likely N-dealkylation sites (tertiary alicyclic amines) is 2. The lowest BCUT2D eigenvalue weighted by atomic mass is 9.94. The second-order valence-electron chi connectivity index (χ2n) is 6.53. The van der Waals surface area contributed by atoms with Crippen LogP contribution in [0.4, 0.5) is 4.39 Å². The molecule has 0 aliphatic carbocycles. The van der Waals surface area contributed by atoms with Crippen molar-refractivity contribution in [1.82, 2.24) is 9.80 Å². The Kier molecular flexibility index (Phi) is 3.95. The first kappa shape index (κ1) is 13.8. The lowest BCUT2D eigenvalue weighted by Gasteiger charge is -2.47. The quantitative estimate of drug-likeness (QED) is 0.718. The van der Waals surface area contributed by atoms with E-state index in [1.807, 2.05) is 0 Å². The summed E-state index contributed by atoms with van der Waals surface area (Å²) in [5, 5.41) is 0. The first-order valence-electron chi connectivity index (χ1n) is 7.08. The Morgan fingerprint density at radius 1 is 1.22 bits per heavy atom.